The molecule has 1 aromatic heterocycles. The molecule has 3 rings (SSSR count). The Morgan fingerprint density at radius 2 is 1.82 bits per heavy atom. The van der Waals surface area contributed by atoms with Gasteiger partial charge in [-0.25, -0.2) is 8.78 Å². The predicted molar refractivity (Wildman–Crippen MR) is 117 cm³/mol. The van der Waals surface area contributed by atoms with Gasteiger partial charge in [0.05, 0.1) is 0 Å². The Bertz CT molecular complexity index is 999. The lowest BCUT2D eigenvalue weighted by Crippen LogP contribution is -2.44. The number of nitrogens with one attached hydrogen (secondary N) is 2. The molecule has 1 saturated heterocycles. The van der Waals surface area contributed by atoms with Crippen molar-refractivity contribution in [3.05, 3.63) is 52.9 Å². The Balaban J connectivity index is 1.60. The molecule has 0 aliphatic carbocycles. The van der Waals surface area contributed by atoms with E-state index >= 15 is 0 Å². The van der Waals surface area contributed by atoms with Crippen LogP contribution in [0, 0.1) is 24.5 Å². The Labute approximate surface area is 191 Å². The van der Waals surface area contributed by atoms with Gasteiger partial charge < -0.3 is 15.5 Å². The zero-order valence-electron chi connectivity index (χ0n) is 19.0. The molecule has 2 N–H and O–H groups in total. The zero-order valence-corrected chi connectivity index (χ0v) is 19.0. The summed E-state index contributed by atoms with van der Waals surface area (Å²) < 4.78 is 28.3. The van der Waals surface area contributed by atoms with Crippen LogP contribution in [0.25, 0.3) is 0 Å². The van der Waals surface area contributed by atoms with E-state index in [0.29, 0.717) is 37.1 Å². The summed E-state index contributed by atoms with van der Waals surface area (Å²) in [6.07, 6.45) is 1.70. The summed E-state index contributed by atoms with van der Waals surface area (Å²) in [7, 11) is 3.40. The fourth-order valence-corrected chi connectivity index (χ4v) is 3.92. The summed E-state index contributed by atoms with van der Waals surface area (Å²) in [4.78, 5) is 39.5. The van der Waals surface area contributed by atoms with Crippen molar-refractivity contribution in [2.75, 3.05) is 13.6 Å². The topological polar surface area (TPSA) is 96.3 Å². The molecular formula is C23H29F2N5O3. The molecule has 8 nitrogen and oxygen atoms in total. The number of likely N-dealkylation sites (N-methyl/N-ethyl adjacent to an activating group) is 1. The fourth-order valence-electron chi connectivity index (χ4n) is 3.92. The van der Waals surface area contributed by atoms with Gasteiger partial charge in [-0.05, 0) is 43.5 Å². The van der Waals surface area contributed by atoms with Gasteiger partial charge in [-0.1, -0.05) is 6.42 Å². The highest BCUT2D eigenvalue weighted by Crippen LogP contribution is 2.19. The van der Waals surface area contributed by atoms with Crippen LogP contribution in [0.2, 0.25) is 0 Å². The molecule has 0 unspecified atom stereocenters. The smallest absolute Gasteiger partial charge is 0.272 e. The minimum Gasteiger partial charge on any atom is -0.352 e. The number of hydrogen-bond donors (Lipinski definition) is 2. The molecule has 2 atom stereocenters. The number of nitrogens with zero attached hydrogens (tertiary/aromatic N) is 3. The number of aromatic nitrogens is 2. The number of halogens is 2. The highest BCUT2D eigenvalue weighted by molar-refractivity contribution is 5.92. The molecule has 1 fully saturated rings. The number of rotatable bonds is 5. The van der Waals surface area contributed by atoms with E-state index in [2.05, 4.69) is 15.7 Å². The molecule has 2 heterocycles. The molecule has 2 aromatic rings. The molecule has 3 amide bonds. The van der Waals surface area contributed by atoms with Gasteiger partial charge in [0.15, 0.2) is 0 Å². The molecule has 33 heavy (non-hydrogen) atoms. The normalized spacial score (nSPS) is 19.4. The molecule has 1 aliphatic rings. The van der Waals surface area contributed by atoms with Crippen LogP contribution in [-0.4, -0.2) is 52.0 Å². The first-order chi connectivity index (χ1) is 15.6. The first kappa shape index (κ1) is 24.3. The van der Waals surface area contributed by atoms with Crippen molar-refractivity contribution in [2.24, 2.45) is 13.0 Å². The maximum Gasteiger partial charge on any atom is 0.272 e. The second-order valence-corrected chi connectivity index (χ2v) is 8.57. The summed E-state index contributed by atoms with van der Waals surface area (Å²) >= 11 is 0. The summed E-state index contributed by atoms with van der Waals surface area (Å²) in [6, 6.07) is 4.50. The Kier molecular flexibility index (Phi) is 7.78. The molecule has 1 aromatic carbocycles. The maximum absolute atomic E-state index is 13.4. The van der Waals surface area contributed by atoms with Crippen molar-refractivity contribution in [3.8, 4) is 0 Å². The number of aryl methyl sites for hydroxylation is 2. The fraction of sp³-hybridized carbons (Fsp3) is 0.478. The number of carbonyl (C=O) groups excluding carboxylic acids is 3. The van der Waals surface area contributed by atoms with Crippen LogP contribution < -0.4 is 10.6 Å². The third-order valence-corrected chi connectivity index (χ3v) is 5.89. The number of benzene rings is 1. The van der Waals surface area contributed by atoms with Crippen LogP contribution in [0.4, 0.5) is 8.78 Å². The summed E-state index contributed by atoms with van der Waals surface area (Å²) in [5, 5.41) is 9.81. The predicted octanol–water partition coefficient (Wildman–Crippen LogP) is 2.07. The molecule has 0 spiro atoms. The average Bonchev–Trinajstić information content (AvgIpc) is 3.10. The summed E-state index contributed by atoms with van der Waals surface area (Å²) in [5.41, 5.74) is 1.48. The van der Waals surface area contributed by atoms with Crippen LogP contribution in [-0.2, 0) is 23.2 Å². The van der Waals surface area contributed by atoms with Crippen molar-refractivity contribution < 1.29 is 23.2 Å². The second-order valence-electron chi connectivity index (χ2n) is 8.57. The van der Waals surface area contributed by atoms with E-state index in [4.69, 9.17) is 0 Å². The molecule has 0 saturated carbocycles. The molecule has 1 aliphatic heterocycles. The van der Waals surface area contributed by atoms with Crippen LogP contribution in [0.1, 0.15) is 47.4 Å². The zero-order chi connectivity index (χ0) is 24.1. The third-order valence-electron chi connectivity index (χ3n) is 5.89. The van der Waals surface area contributed by atoms with E-state index in [1.807, 2.05) is 6.92 Å². The van der Waals surface area contributed by atoms with Gasteiger partial charge in [-0.15, -0.1) is 0 Å². The van der Waals surface area contributed by atoms with Gasteiger partial charge in [-0.3, -0.25) is 19.1 Å². The Hall–Kier alpha value is -3.30. The van der Waals surface area contributed by atoms with E-state index in [1.165, 1.54) is 4.90 Å². The number of amides is 3. The Morgan fingerprint density at radius 3 is 2.45 bits per heavy atom. The number of carbonyl (C=O) groups is 3. The van der Waals surface area contributed by atoms with Crippen molar-refractivity contribution in [1.82, 2.24) is 25.3 Å². The molecular weight excluding hydrogens is 432 g/mol. The van der Waals surface area contributed by atoms with Gasteiger partial charge in [0.1, 0.15) is 17.3 Å². The SMILES string of the molecule is Cc1cc(C(=O)N[C@@H]2CCC[C@@H](C(=O)NCc3cc(F)cc(F)c3)CC(=O)N(C)C2)nn1C. The highest BCUT2D eigenvalue weighted by Gasteiger charge is 2.28. The van der Waals surface area contributed by atoms with Crippen molar-refractivity contribution in [1.29, 1.82) is 0 Å². The molecule has 0 radical (unpaired) electrons. The van der Waals surface area contributed by atoms with Gasteiger partial charge in [-0.2, -0.15) is 5.10 Å². The number of hydrogen-bond acceptors (Lipinski definition) is 4. The minimum atomic E-state index is -0.715. The molecule has 178 valence electrons. The van der Waals surface area contributed by atoms with Crippen LogP contribution in [0.15, 0.2) is 24.3 Å². The lowest BCUT2D eigenvalue weighted by Gasteiger charge is -2.24. The quantitative estimate of drug-likeness (QED) is 0.713. The van der Waals surface area contributed by atoms with E-state index in [-0.39, 0.29) is 36.7 Å². The van der Waals surface area contributed by atoms with Gasteiger partial charge in [0, 0.05) is 57.3 Å². The van der Waals surface area contributed by atoms with E-state index in [1.54, 1.807) is 24.8 Å². The molecule has 0 bridgehead atoms. The van der Waals surface area contributed by atoms with Gasteiger partial charge in [0.25, 0.3) is 5.91 Å². The van der Waals surface area contributed by atoms with Gasteiger partial charge >= 0.3 is 0 Å². The van der Waals surface area contributed by atoms with Gasteiger partial charge in [0.2, 0.25) is 11.8 Å². The lowest BCUT2D eigenvalue weighted by molar-refractivity contribution is -0.135. The van der Waals surface area contributed by atoms with Crippen molar-refractivity contribution >= 4 is 17.7 Å². The van der Waals surface area contributed by atoms with E-state index in [9.17, 15) is 23.2 Å². The maximum atomic E-state index is 13.4. The van der Waals surface area contributed by atoms with E-state index in [0.717, 1.165) is 23.9 Å². The minimum absolute atomic E-state index is 0.0277. The van der Waals surface area contributed by atoms with Crippen LogP contribution >= 0.6 is 0 Å². The standard InChI is InChI=1S/C23H29F2N5O3/c1-14-7-20(28-30(14)3)23(33)27-19-6-4-5-16(10-21(31)29(2)13-19)22(32)26-12-15-8-17(24)11-18(25)9-15/h7-9,11,16,19H,4-6,10,12-13H2,1-3H3,(H,26,32)(H,27,33)/t16-,19-/m1/s1. The van der Waals surface area contributed by atoms with E-state index < -0.39 is 17.6 Å². The third kappa shape index (κ3) is 6.59. The largest absolute Gasteiger partial charge is 0.352 e. The lowest BCUT2D eigenvalue weighted by atomic mass is 9.96. The summed E-state index contributed by atoms with van der Waals surface area (Å²) in [6.45, 7) is 2.15. The van der Waals surface area contributed by atoms with Crippen molar-refractivity contribution in [2.45, 2.75) is 45.2 Å². The Morgan fingerprint density at radius 1 is 1.12 bits per heavy atom. The highest BCUT2D eigenvalue weighted by atomic mass is 19.1. The first-order valence-corrected chi connectivity index (χ1v) is 10.9. The second kappa shape index (κ2) is 10.5. The first-order valence-electron chi connectivity index (χ1n) is 10.9. The molecule has 10 heteroatoms. The monoisotopic (exact) mass is 461 g/mol. The van der Waals surface area contributed by atoms with Crippen LogP contribution in [0.5, 0.6) is 0 Å². The summed E-state index contributed by atoms with van der Waals surface area (Å²) in [5.74, 6) is -2.85. The van der Waals surface area contributed by atoms with Crippen LogP contribution in [0.3, 0.4) is 0 Å². The van der Waals surface area contributed by atoms with Crippen molar-refractivity contribution in [3.63, 3.8) is 0 Å². The average molecular weight is 462 g/mol.